The molecule has 1 aromatic heterocycles. The second-order valence-electron chi connectivity index (χ2n) is 5.70. The fourth-order valence-electron chi connectivity index (χ4n) is 2.59. The van der Waals surface area contributed by atoms with Gasteiger partial charge in [0.2, 0.25) is 0 Å². The van der Waals surface area contributed by atoms with E-state index in [-0.39, 0.29) is 5.82 Å². The SMILES string of the molecule is NCCCNc1cnc(-c2ccc(F)cc2)nc1C1CCC1. The van der Waals surface area contributed by atoms with Crippen LogP contribution in [0.1, 0.15) is 37.3 Å². The molecule has 3 rings (SSSR count). The zero-order chi connectivity index (χ0) is 15.4. The molecule has 2 aromatic rings. The second-order valence-corrected chi connectivity index (χ2v) is 5.70. The summed E-state index contributed by atoms with van der Waals surface area (Å²) in [5.41, 5.74) is 8.47. The molecule has 5 heteroatoms. The summed E-state index contributed by atoms with van der Waals surface area (Å²) in [6.07, 6.45) is 6.36. The van der Waals surface area contributed by atoms with Gasteiger partial charge in [-0.25, -0.2) is 14.4 Å². The summed E-state index contributed by atoms with van der Waals surface area (Å²) < 4.78 is 13.0. The number of anilines is 1. The maximum Gasteiger partial charge on any atom is 0.159 e. The van der Waals surface area contributed by atoms with Crippen molar-refractivity contribution in [1.29, 1.82) is 0 Å². The summed E-state index contributed by atoms with van der Waals surface area (Å²) in [6.45, 7) is 1.50. The van der Waals surface area contributed by atoms with Gasteiger partial charge in [-0.2, -0.15) is 0 Å². The van der Waals surface area contributed by atoms with Crippen molar-refractivity contribution in [1.82, 2.24) is 9.97 Å². The summed E-state index contributed by atoms with van der Waals surface area (Å²) in [4.78, 5) is 9.18. The lowest BCUT2D eigenvalue weighted by molar-refractivity contribution is 0.412. The molecular weight excluding hydrogens is 279 g/mol. The molecule has 1 fully saturated rings. The van der Waals surface area contributed by atoms with Gasteiger partial charge in [-0.05, 0) is 50.1 Å². The minimum Gasteiger partial charge on any atom is -0.382 e. The Labute approximate surface area is 130 Å². The van der Waals surface area contributed by atoms with E-state index in [2.05, 4.69) is 10.3 Å². The van der Waals surface area contributed by atoms with E-state index in [0.717, 1.165) is 29.9 Å². The minimum atomic E-state index is -0.247. The Morgan fingerprint density at radius 3 is 2.64 bits per heavy atom. The van der Waals surface area contributed by atoms with E-state index >= 15 is 0 Å². The van der Waals surface area contributed by atoms with Crippen molar-refractivity contribution in [2.24, 2.45) is 5.73 Å². The van der Waals surface area contributed by atoms with Gasteiger partial charge >= 0.3 is 0 Å². The first-order chi connectivity index (χ1) is 10.8. The predicted octanol–water partition coefficient (Wildman–Crippen LogP) is 3.31. The van der Waals surface area contributed by atoms with Gasteiger partial charge in [0.15, 0.2) is 5.82 Å². The maximum absolute atomic E-state index is 13.0. The summed E-state index contributed by atoms with van der Waals surface area (Å²) in [5.74, 6) is 0.914. The van der Waals surface area contributed by atoms with Gasteiger partial charge in [0.1, 0.15) is 5.82 Å². The molecule has 0 atom stereocenters. The number of nitrogens with one attached hydrogen (secondary N) is 1. The standard InChI is InChI=1S/C17H21FN4/c18-14-7-5-13(6-8-14)17-21-11-15(20-10-2-9-19)16(22-17)12-3-1-4-12/h5-8,11-12,20H,1-4,9-10,19H2. The molecule has 0 unspecified atom stereocenters. The lowest BCUT2D eigenvalue weighted by Crippen LogP contribution is -2.16. The van der Waals surface area contributed by atoms with Crippen LogP contribution in [0.3, 0.4) is 0 Å². The molecule has 1 aromatic carbocycles. The van der Waals surface area contributed by atoms with Crippen molar-refractivity contribution >= 4 is 5.69 Å². The first-order valence-electron chi connectivity index (χ1n) is 7.85. The molecule has 4 nitrogen and oxygen atoms in total. The highest BCUT2D eigenvalue weighted by Gasteiger charge is 2.24. The number of hydrogen-bond acceptors (Lipinski definition) is 4. The van der Waals surface area contributed by atoms with Gasteiger partial charge in [0.25, 0.3) is 0 Å². The molecule has 3 N–H and O–H groups in total. The van der Waals surface area contributed by atoms with Crippen LogP contribution in [0.4, 0.5) is 10.1 Å². The van der Waals surface area contributed by atoms with E-state index in [9.17, 15) is 4.39 Å². The number of aromatic nitrogens is 2. The molecule has 0 radical (unpaired) electrons. The van der Waals surface area contributed by atoms with Crippen molar-refractivity contribution in [3.8, 4) is 11.4 Å². The van der Waals surface area contributed by atoms with E-state index in [4.69, 9.17) is 10.7 Å². The van der Waals surface area contributed by atoms with Crippen molar-refractivity contribution in [2.75, 3.05) is 18.4 Å². The van der Waals surface area contributed by atoms with E-state index in [1.54, 1.807) is 12.1 Å². The fraction of sp³-hybridized carbons (Fsp3) is 0.412. The third-order valence-electron chi connectivity index (χ3n) is 4.11. The van der Waals surface area contributed by atoms with Crippen LogP contribution >= 0.6 is 0 Å². The Bertz CT molecular complexity index is 623. The average Bonchev–Trinajstić information content (AvgIpc) is 2.48. The van der Waals surface area contributed by atoms with Crippen molar-refractivity contribution in [3.63, 3.8) is 0 Å². The molecule has 0 amide bonds. The molecular formula is C17H21FN4. The van der Waals surface area contributed by atoms with Gasteiger partial charge in [0, 0.05) is 18.0 Å². The summed E-state index contributed by atoms with van der Waals surface area (Å²) in [5, 5.41) is 3.39. The molecule has 0 aliphatic heterocycles. The number of nitrogens with zero attached hydrogens (tertiary/aromatic N) is 2. The summed E-state index contributed by atoms with van der Waals surface area (Å²) >= 11 is 0. The molecule has 1 aliphatic rings. The fourth-order valence-corrected chi connectivity index (χ4v) is 2.59. The van der Waals surface area contributed by atoms with E-state index in [1.807, 2.05) is 6.20 Å². The summed E-state index contributed by atoms with van der Waals surface area (Å²) in [7, 11) is 0. The smallest absolute Gasteiger partial charge is 0.159 e. The number of benzene rings is 1. The molecule has 116 valence electrons. The van der Waals surface area contributed by atoms with Crippen LogP contribution in [-0.2, 0) is 0 Å². The van der Waals surface area contributed by atoms with Gasteiger partial charge in [-0.15, -0.1) is 0 Å². The molecule has 0 spiro atoms. The highest BCUT2D eigenvalue weighted by molar-refractivity contribution is 5.58. The van der Waals surface area contributed by atoms with Gasteiger partial charge in [-0.1, -0.05) is 6.42 Å². The third-order valence-corrected chi connectivity index (χ3v) is 4.11. The lowest BCUT2D eigenvalue weighted by atomic mass is 9.82. The van der Waals surface area contributed by atoms with Gasteiger partial charge < -0.3 is 11.1 Å². The zero-order valence-electron chi connectivity index (χ0n) is 12.6. The topological polar surface area (TPSA) is 63.8 Å². The number of hydrogen-bond donors (Lipinski definition) is 2. The first kappa shape index (κ1) is 14.9. The van der Waals surface area contributed by atoms with Crippen LogP contribution in [0.5, 0.6) is 0 Å². The Kier molecular flexibility index (Phi) is 4.63. The predicted molar refractivity (Wildman–Crippen MR) is 86.2 cm³/mol. The number of nitrogens with two attached hydrogens (primary N) is 1. The second kappa shape index (κ2) is 6.83. The monoisotopic (exact) mass is 300 g/mol. The van der Waals surface area contributed by atoms with Crippen molar-refractivity contribution < 1.29 is 4.39 Å². The summed E-state index contributed by atoms with van der Waals surface area (Å²) in [6, 6.07) is 6.32. The Morgan fingerprint density at radius 2 is 2.00 bits per heavy atom. The van der Waals surface area contributed by atoms with Crippen LogP contribution in [0.2, 0.25) is 0 Å². The highest BCUT2D eigenvalue weighted by atomic mass is 19.1. The normalized spacial score (nSPS) is 14.6. The molecule has 1 saturated carbocycles. The Hall–Kier alpha value is -2.01. The lowest BCUT2D eigenvalue weighted by Gasteiger charge is -2.27. The first-order valence-corrected chi connectivity index (χ1v) is 7.85. The Morgan fingerprint density at radius 1 is 1.23 bits per heavy atom. The van der Waals surface area contributed by atoms with E-state index in [0.29, 0.717) is 18.3 Å². The van der Waals surface area contributed by atoms with Crippen LogP contribution in [0, 0.1) is 5.82 Å². The Balaban J connectivity index is 1.87. The molecule has 0 saturated heterocycles. The molecule has 1 aliphatic carbocycles. The zero-order valence-corrected chi connectivity index (χ0v) is 12.6. The maximum atomic E-state index is 13.0. The highest BCUT2D eigenvalue weighted by Crippen LogP contribution is 2.39. The number of halogens is 1. The average molecular weight is 300 g/mol. The van der Waals surface area contributed by atoms with Crippen LogP contribution in [0.25, 0.3) is 11.4 Å². The molecule has 0 bridgehead atoms. The quantitative estimate of drug-likeness (QED) is 0.803. The van der Waals surface area contributed by atoms with Crippen molar-refractivity contribution in [2.45, 2.75) is 31.6 Å². The van der Waals surface area contributed by atoms with Crippen LogP contribution in [0.15, 0.2) is 30.5 Å². The van der Waals surface area contributed by atoms with Gasteiger partial charge in [0.05, 0.1) is 17.6 Å². The minimum absolute atomic E-state index is 0.247. The van der Waals surface area contributed by atoms with Crippen LogP contribution in [-0.4, -0.2) is 23.1 Å². The largest absolute Gasteiger partial charge is 0.382 e. The molecule has 22 heavy (non-hydrogen) atoms. The molecule has 1 heterocycles. The number of rotatable bonds is 6. The van der Waals surface area contributed by atoms with E-state index in [1.165, 1.54) is 31.4 Å². The van der Waals surface area contributed by atoms with Crippen molar-refractivity contribution in [3.05, 3.63) is 42.0 Å². The van der Waals surface area contributed by atoms with E-state index < -0.39 is 0 Å². The van der Waals surface area contributed by atoms with Crippen LogP contribution < -0.4 is 11.1 Å². The third kappa shape index (κ3) is 3.25. The van der Waals surface area contributed by atoms with Gasteiger partial charge in [-0.3, -0.25) is 0 Å².